The number of rotatable bonds is 4. The molecule has 1 aromatic carbocycles. The first-order valence-corrected chi connectivity index (χ1v) is 8.26. The summed E-state index contributed by atoms with van der Waals surface area (Å²) in [4.78, 5) is 11.9. The van der Waals surface area contributed by atoms with E-state index in [2.05, 4.69) is 21.2 Å². The maximum absolute atomic E-state index is 13.5. The minimum absolute atomic E-state index is 0.237. The molecule has 0 atom stereocenters. The Bertz CT molecular complexity index is 788. The molecule has 0 bridgehead atoms. The molecular weight excluding hydrogens is 367 g/mol. The molecular formula is C12H10BrFN2O4S. The molecule has 21 heavy (non-hydrogen) atoms. The number of hydrogen-bond donors (Lipinski definition) is 2. The van der Waals surface area contributed by atoms with Crippen molar-refractivity contribution in [3.05, 3.63) is 46.6 Å². The highest BCUT2D eigenvalue weighted by Gasteiger charge is 2.14. The molecule has 0 fully saturated rings. The summed E-state index contributed by atoms with van der Waals surface area (Å²) in [6.45, 7) is 0. The van der Waals surface area contributed by atoms with Gasteiger partial charge in [-0.1, -0.05) is 0 Å². The van der Waals surface area contributed by atoms with Crippen LogP contribution in [0.5, 0.6) is 0 Å². The van der Waals surface area contributed by atoms with Gasteiger partial charge in [-0.05, 0) is 40.2 Å². The van der Waals surface area contributed by atoms with Crippen LogP contribution in [0.3, 0.4) is 0 Å². The number of nitrogens with one attached hydrogen (secondary N) is 2. The van der Waals surface area contributed by atoms with Gasteiger partial charge in [0.25, 0.3) is 5.91 Å². The first kappa shape index (κ1) is 15.5. The molecule has 0 aliphatic carbocycles. The zero-order valence-electron chi connectivity index (χ0n) is 10.7. The second-order valence-electron chi connectivity index (χ2n) is 4.13. The van der Waals surface area contributed by atoms with E-state index in [1.165, 1.54) is 24.5 Å². The molecule has 0 spiro atoms. The lowest BCUT2D eigenvalue weighted by molar-refractivity contribution is 0.102. The lowest BCUT2D eigenvalue weighted by atomic mass is 10.2. The van der Waals surface area contributed by atoms with Gasteiger partial charge in [-0.2, -0.15) is 0 Å². The maximum Gasteiger partial charge on any atom is 0.260 e. The van der Waals surface area contributed by atoms with E-state index in [9.17, 15) is 17.6 Å². The van der Waals surface area contributed by atoms with Crippen molar-refractivity contribution in [1.82, 2.24) is 0 Å². The summed E-state index contributed by atoms with van der Waals surface area (Å²) in [5.74, 6) is -1.23. The number of carbonyl (C=O) groups excluding carboxylic acids is 1. The van der Waals surface area contributed by atoms with Crippen molar-refractivity contribution in [3.63, 3.8) is 0 Å². The van der Waals surface area contributed by atoms with E-state index in [0.717, 1.165) is 12.3 Å². The zero-order chi connectivity index (χ0) is 15.6. The predicted octanol–water partition coefficient (Wildman–Crippen LogP) is 2.81. The SMILES string of the molecule is CS(=O)(=O)Nc1cc(NC(=O)c2ccoc2Br)ccc1F. The number of anilines is 2. The third-order valence-electron chi connectivity index (χ3n) is 2.38. The van der Waals surface area contributed by atoms with Crippen molar-refractivity contribution in [3.8, 4) is 0 Å². The number of halogens is 2. The van der Waals surface area contributed by atoms with E-state index in [0.29, 0.717) is 0 Å². The topological polar surface area (TPSA) is 88.4 Å². The number of furan rings is 1. The molecule has 0 aliphatic heterocycles. The molecule has 2 rings (SSSR count). The van der Waals surface area contributed by atoms with Crippen molar-refractivity contribution < 1.29 is 22.0 Å². The van der Waals surface area contributed by atoms with E-state index in [1.807, 2.05) is 4.72 Å². The Morgan fingerprint density at radius 1 is 1.33 bits per heavy atom. The largest absolute Gasteiger partial charge is 0.457 e. The highest BCUT2D eigenvalue weighted by Crippen LogP contribution is 2.23. The van der Waals surface area contributed by atoms with Crippen LogP contribution in [0.2, 0.25) is 0 Å². The highest BCUT2D eigenvalue weighted by molar-refractivity contribution is 9.10. The van der Waals surface area contributed by atoms with Gasteiger partial charge < -0.3 is 9.73 Å². The van der Waals surface area contributed by atoms with Crippen LogP contribution in [0, 0.1) is 5.82 Å². The number of amides is 1. The van der Waals surface area contributed by atoms with Crippen molar-refractivity contribution in [1.29, 1.82) is 0 Å². The van der Waals surface area contributed by atoms with Gasteiger partial charge in [0.15, 0.2) is 4.67 Å². The molecule has 1 amide bonds. The third kappa shape index (κ3) is 4.05. The summed E-state index contributed by atoms with van der Waals surface area (Å²) in [6.07, 6.45) is 2.24. The first-order valence-electron chi connectivity index (χ1n) is 5.58. The van der Waals surface area contributed by atoms with Crippen LogP contribution in [-0.2, 0) is 10.0 Å². The molecule has 6 nitrogen and oxygen atoms in total. The van der Waals surface area contributed by atoms with Crippen LogP contribution < -0.4 is 10.0 Å². The smallest absolute Gasteiger partial charge is 0.260 e. The predicted molar refractivity (Wildman–Crippen MR) is 79.2 cm³/mol. The normalized spacial score (nSPS) is 11.2. The van der Waals surface area contributed by atoms with Crippen LogP contribution in [0.15, 0.2) is 39.6 Å². The summed E-state index contributed by atoms with van der Waals surface area (Å²) in [6, 6.07) is 5.00. The lowest BCUT2D eigenvalue weighted by Crippen LogP contribution is -2.14. The lowest BCUT2D eigenvalue weighted by Gasteiger charge is -2.09. The molecule has 1 heterocycles. The fourth-order valence-electron chi connectivity index (χ4n) is 1.54. The molecule has 0 unspecified atom stereocenters. The number of sulfonamides is 1. The van der Waals surface area contributed by atoms with Crippen LogP contribution in [0.25, 0.3) is 0 Å². The summed E-state index contributed by atoms with van der Waals surface area (Å²) in [5.41, 5.74) is 0.249. The molecule has 1 aromatic heterocycles. The van der Waals surface area contributed by atoms with Gasteiger partial charge in [0.1, 0.15) is 5.82 Å². The van der Waals surface area contributed by atoms with E-state index in [1.54, 1.807) is 0 Å². The molecule has 2 aromatic rings. The van der Waals surface area contributed by atoms with Gasteiger partial charge in [-0.15, -0.1) is 0 Å². The minimum atomic E-state index is -3.62. The van der Waals surface area contributed by atoms with Crippen LogP contribution in [0.1, 0.15) is 10.4 Å². The average molecular weight is 377 g/mol. The van der Waals surface area contributed by atoms with Crippen molar-refractivity contribution in [2.75, 3.05) is 16.3 Å². The van der Waals surface area contributed by atoms with Gasteiger partial charge in [0.2, 0.25) is 10.0 Å². The first-order chi connectivity index (χ1) is 9.76. The Labute approximate surface area is 128 Å². The molecule has 9 heteroatoms. The molecule has 2 N–H and O–H groups in total. The van der Waals surface area contributed by atoms with E-state index in [-0.39, 0.29) is 21.6 Å². The Balaban J connectivity index is 2.24. The fourth-order valence-corrected chi connectivity index (χ4v) is 2.51. The van der Waals surface area contributed by atoms with Gasteiger partial charge in [0, 0.05) is 5.69 Å². The molecule has 0 radical (unpaired) electrons. The summed E-state index contributed by atoms with van der Waals surface area (Å²) in [7, 11) is -3.62. The van der Waals surface area contributed by atoms with E-state index >= 15 is 0 Å². The van der Waals surface area contributed by atoms with Crippen molar-refractivity contribution >= 4 is 43.2 Å². The average Bonchev–Trinajstić information content (AvgIpc) is 2.78. The quantitative estimate of drug-likeness (QED) is 0.858. The minimum Gasteiger partial charge on any atom is -0.457 e. The Morgan fingerprint density at radius 2 is 2.05 bits per heavy atom. The van der Waals surface area contributed by atoms with Crippen molar-refractivity contribution in [2.45, 2.75) is 0 Å². The van der Waals surface area contributed by atoms with Crippen LogP contribution in [0.4, 0.5) is 15.8 Å². The molecule has 0 saturated heterocycles. The van der Waals surface area contributed by atoms with Crippen LogP contribution in [-0.4, -0.2) is 20.6 Å². The third-order valence-corrected chi connectivity index (χ3v) is 3.59. The summed E-state index contributed by atoms with van der Waals surface area (Å²) >= 11 is 3.07. The number of benzene rings is 1. The Hall–Kier alpha value is -1.87. The van der Waals surface area contributed by atoms with E-state index < -0.39 is 21.7 Å². The standard InChI is InChI=1S/C12H10BrFN2O4S/c1-21(18,19)16-10-6-7(2-3-9(10)14)15-12(17)8-4-5-20-11(8)13/h2-6,16H,1H3,(H,15,17). The van der Waals surface area contributed by atoms with Crippen LogP contribution >= 0.6 is 15.9 Å². The summed E-state index contributed by atoms with van der Waals surface area (Å²) < 4.78 is 43.0. The van der Waals surface area contributed by atoms with Gasteiger partial charge in [-0.25, -0.2) is 12.8 Å². The van der Waals surface area contributed by atoms with E-state index in [4.69, 9.17) is 4.42 Å². The van der Waals surface area contributed by atoms with Gasteiger partial charge in [-0.3, -0.25) is 9.52 Å². The number of hydrogen-bond acceptors (Lipinski definition) is 4. The Morgan fingerprint density at radius 3 is 2.62 bits per heavy atom. The zero-order valence-corrected chi connectivity index (χ0v) is 13.1. The summed E-state index contributed by atoms with van der Waals surface area (Å²) in [5, 5.41) is 2.51. The monoisotopic (exact) mass is 376 g/mol. The van der Waals surface area contributed by atoms with Crippen molar-refractivity contribution in [2.24, 2.45) is 0 Å². The highest BCUT2D eigenvalue weighted by atomic mass is 79.9. The second-order valence-corrected chi connectivity index (χ2v) is 6.60. The molecule has 112 valence electrons. The number of carbonyl (C=O) groups is 1. The second kappa shape index (κ2) is 5.86. The van der Waals surface area contributed by atoms with Gasteiger partial charge >= 0.3 is 0 Å². The maximum atomic E-state index is 13.5. The van der Waals surface area contributed by atoms with Gasteiger partial charge in [0.05, 0.1) is 23.8 Å². The molecule has 0 saturated carbocycles. The fraction of sp³-hybridized carbons (Fsp3) is 0.0833. The Kier molecular flexibility index (Phi) is 4.33. The molecule has 0 aliphatic rings.